The lowest BCUT2D eigenvalue weighted by Crippen LogP contribution is -2.15. The minimum absolute atomic E-state index is 0.156. The summed E-state index contributed by atoms with van der Waals surface area (Å²) in [4.78, 5) is 12.1. The number of hydrogen-bond donors (Lipinski definition) is 1. The molecule has 0 saturated carbocycles. The summed E-state index contributed by atoms with van der Waals surface area (Å²) >= 11 is 3.34. The Labute approximate surface area is 114 Å². The van der Waals surface area contributed by atoms with E-state index in [4.69, 9.17) is 4.74 Å². The normalized spacial score (nSPS) is 10.2. The zero-order chi connectivity index (χ0) is 13.1. The highest BCUT2D eigenvalue weighted by atomic mass is 79.9. The second-order valence-electron chi connectivity index (χ2n) is 3.84. The van der Waals surface area contributed by atoms with Crippen LogP contribution in [0.3, 0.4) is 0 Å². The number of amides is 1. The van der Waals surface area contributed by atoms with E-state index < -0.39 is 0 Å². The standard InChI is InChI=1S/C13H13BrN2O2/c1-16-8-9(14)6-12(16)13(17)15-10-4-3-5-11(7-10)18-2/h3-8H,1-2H3,(H,15,17). The van der Waals surface area contributed by atoms with Crippen LogP contribution in [0.2, 0.25) is 0 Å². The fourth-order valence-corrected chi connectivity index (χ4v) is 2.17. The van der Waals surface area contributed by atoms with Gasteiger partial charge in [-0.3, -0.25) is 4.79 Å². The van der Waals surface area contributed by atoms with E-state index in [0.717, 1.165) is 4.47 Å². The van der Waals surface area contributed by atoms with E-state index in [1.165, 1.54) is 0 Å². The number of nitrogens with zero attached hydrogens (tertiary/aromatic N) is 1. The van der Waals surface area contributed by atoms with Gasteiger partial charge in [-0.05, 0) is 34.1 Å². The van der Waals surface area contributed by atoms with Gasteiger partial charge in [-0.15, -0.1) is 0 Å². The monoisotopic (exact) mass is 308 g/mol. The van der Waals surface area contributed by atoms with Crippen molar-refractivity contribution in [2.24, 2.45) is 7.05 Å². The maximum Gasteiger partial charge on any atom is 0.272 e. The third kappa shape index (κ3) is 2.73. The van der Waals surface area contributed by atoms with Crippen LogP contribution in [-0.2, 0) is 7.05 Å². The molecule has 1 aromatic heterocycles. The molecule has 0 bridgehead atoms. The van der Waals surface area contributed by atoms with Crippen LogP contribution in [0.15, 0.2) is 41.0 Å². The number of halogens is 1. The third-order valence-corrected chi connectivity index (χ3v) is 2.97. The van der Waals surface area contributed by atoms with E-state index in [1.807, 2.05) is 31.4 Å². The number of anilines is 1. The summed E-state index contributed by atoms with van der Waals surface area (Å²) in [5.74, 6) is 0.553. The number of nitrogens with one attached hydrogen (secondary N) is 1. The van der Waals surface area contributed by atoms with Crippen LogP contribution < -0.4 is 10.1 Å². The summed E-state index contributed by atoms with van der Waals surface area (Å²) in [5, 5.41) is 2.83. The van der Waals surface area contributed by atoms with E-state index in [9.17, 15) is 4.79 Å². The van der Waals surface area contributed by atoms with Gasteiger partial charge >= 0.3 is 0 Å². The second-order valence-corrected chi connectivity index (χ2v) is 4.76. The highest BCUT2D eigenvalue weighted by Gasteiger charge is 2.11. The van der Waals surface area contributed by atoms with Gasteiger partial charge in [0.2, 0.25) is 0 Å². The molecule has 4 nitrogen and oxygen atoms in total. The number of rotatable bonds is 3. The van der Waals surface area contributed by atoms with Crippen molar-refractivity contribution in [1.29, 1.82) is 0 Å². The number of aromatic nitrogens is 1. The quantitative estimate of drug-likeness (QED) is 0.947. The van der Waals surface area contributed by atoms with E-state index in [1.54, 1.807) is 23.8 Å². The molecule has 0 saturated heterocycles. The van der Waals surface area contributed by atoms with Gasteiger partial charge in [0.25, 0.3) is 5.91 Å². The highest BCUT2D eigenvalue weighted by molar-refractivity contribution is 9.10. The summed E-state index contributed by atoms with van der Waals surface area (Å²) in [6, 6.07) is 9.02. The molecule has 0 aliphatic carbocycles. The van der Waals surface area contributed by atoms with Gasteiger partial charge < -0.3 is 14.6 Å². The zero-order valence-electron chi connectivity index (χ0n) is 10.1. The molecule has 0 atom stereocenters. The fourth-order valence-electron chi connectivity index (χ4n) is 1.65. The maximum absolute atomic E-state index is 12.1. The summed E-state index contributed by atoms with van der Waals surface area (Å²) in [5.41, 5.74) is 1.29. The molecule has 94 valence electrons. The number of methoxy groups -OCH3 is 1. The average Bonchev–Trinajstić information content (AvgIpc) is 2.69. The predicted octanol–water partition coefficient (Wildman–Crippen LogP) is 3.05. The van der Waals surface area contributed by atoms with Gasteiger partial charge in [0.1, 0.15) is 11.4 Å². The topological polar surface area (TPSA) is 43.3 Å². The summed E-state index contributed by atoms with van der Waals surface area (Å²) in [6.45, 7) is 0. The predicted molar refractivity (Wildman–Crippen MR) is 74.1 cm³/mol. The van der Waals surface area contributed by atoms with Crippen molar-refractivity contribution in [2.75, 3.05) is 12.4 Å². The minimum Gasteiger partial charge on any atom is -0.497 e. The van der Waals surface area contributed by atoms with Gasteiger partial charge in [-0.2, -0.15) is 0 Å². The van der Waals surface area contributed by atoms with Crippen molar-refractivity contribution >= 4 is 27.5 Å². The molecule has 1 amide bonds. The first-order valence-corrected chi connectivity index (χ1v) is 6.16. The van der Waals surface area contributed by atoms with Gasteiger partial charge in [0.05, 0.1) is 7.11 Å². The molecule has 2 aromatic rings. The molecule has 1 N–H and O–H groups in total. The van der Waals surface area contributed by atoms with Crippen molar-refractivity contribution in [1.82, 2.24) is 4.57 Å². The van der Waals surface area contributed by atoms with Gasteiger partial charge in [-0.1, -0.05) is 6.07 Å². The lowest BCUT2D eigenvalue weighted by molar-refractivity contribution is 0.101. The van der Waals surface area contributed by atoms with E-state index in [2.05, 4.69) is 21.2 Å². The van der Waals surface area contributed by atoms with Crippen molar-refractivity contribution < 1.29 is 9.53 Å². The zero-order valence-corrected chi connectivity index (χ0v) is 11.7. The van der Waals surface area contributed by atoms with Crippen LogP contribution in [0.25, 0.3) is 0 Å². The van der Waals surface area contributed by atoms with E-state index in [0.29, 0.717) is 17.1 Å². The molecule has 0 radical (unpaired) electrons. The fraction of sp³-hybridized carbons (Fsp3) is 0.154. The number of aryl methyl sites for hydroxylation is 1. The van der Waals surface area contributed by atoms with Crippen LogP contribution in [0.5, 0.6) is 5.75 Å². The van der Waals surface area contributed by atoms with Crippen LogP contribution in [-0.4, -0.2) is 17.6 Å². The van der Waals surface area contributed by atoms with E-state index in [-0.39, 0.29) is 5.91 Å². The largest absolute Gasteiger partial charge is 0.497 e. The minimum atomic E-state index is -0.156. The molecule has 1 heterocycles. The number of carbonyl (C=O) groups is 1. The lowest BCUT2D eigenvalue weighted by atomic mass is 10.3. The molecule has 5 heteroatoms. The summed E-state index contributed by atoms with van der Waals surface area (Å²) < 4.78 is 7.75. The molecule has 0 fully saturated rings. The Morgan fingerprint density at radius 3 is 2.78 bits per heavy atom. The Bertz CT molecular complexity index is 578. The number of hydrogen-bond acceptors (Lipinski definition) is 2. The molecule has 2 rings (SSSR count). The van der Waals surface area contributed by atoms with E-state index >= 15 is 0 Å². The smallest absolute Gasteiger partial charge is 0.272 e. The Morgan fingerprint density at radius 2 is 2.17 bits per heavy atom. The molecule has 1 aromatic carbocycles. The van der Waals surface area contributed by atoms with Crippen molar-refractivity contribution in [3.63, 3.8) is 0 Å². The average molecular weight is 309 g/mol. The molecule has 0 aliphatic heterocycles. The number of benzene rings is 1. The third-order valence-electron chi connectivity index (χ3n) is 2.53. The first-order valence-electron chi connectivity index (χ1n) is 5.37. The summed E-state index contributed by atoms with van der Waals surface area (Å²) in [7, 11) is 3.42. The number of ether oxygens (including phenoxy) is 1. The van der Waals surface area contributed by atoms with Crippen molar-refractivity contribution in [3.8, 4) is 5.75 Å². The number of carbonyl (C=O) groups excluding carboxylic acids is 1. The molecular weight excluding hydrogens is 296 g/mol. The molecule has 0 aliphatic rings. The van der Waals surface area contributed by atoms with Crippen LogP contribution in [0.4, 0.5) is 5.69 Å². The first-order chi connectivity index (χ1) is 8.60. The lowest BCUT2D eigenvalue weighted by Gasteiger charge is -2.07. The van der Waals surface area contributed by atoms with Crippen LogP contribution in [0, 0.1) is 0 Å². The molecule has 0 spiro atoms. The van der Waals surface area contributed by atoms with Gasteiger partial charge in [0, 0.05) is 29.5 Å². The SMILES string of the molecule is COc1cccc(NC(=O)c2cc(Br)cn2C)c1. The van der Waals surface area contributed by atoms with Crippen molar-refractivity contribution in [2.45, 2.75) is 0 Å². The van der Waals surface area contributed by atoms with Crippen LogP contribution >= 0.6 is 15.9 Å². The Kier molecular flexibility index (Phi) is 3.72. The van der Waals surface area contributed by atoms with Gasteiger partial charge in [0.15, 0.2) is 0 Å². The molecular formula is C13H13BrN2O2. The Morgan fingerprint density at radius 1 is 1.39 bits per heavy atom. The van der Waals surface area contributed by atoms with Gasteiger partial charge in [-0.25, -0.2) is 0 Å². The van der Waals surface area contributed by atoms with Crippen molar-refractivity contribution in [3.05, 3.63) is 46.7 Å². The maximum atomic E-state index is 12.1. The second kappa shape index (κ2) is 5.27. The molecule has 18 heavy (non-hydrogen) atoms. The van der Waals surface area contributed by atoms with Crippen LogP contribution in [0.1, 0.15) is 10.5 Å². The summed E-state index contributed by atoms with van der Waals surface area (Å²) in [6.07, 6.45) is 1.83. The Balaban J connectivity index is 2.18. The Hall–Kier alpha value is -1.75. The molecule has 0 unspecified atom stereocenters. The first kappa shape index (κ1) is 12.7. The highest BCUT2D eigenvalue weighted by Crippen LogP contribution is 2.19.